The summed E-state index contributed by atoms with van der Waals surface area (Å²) in [7, 11) is 0. The van der Waals surface area contributed by atoms with E-state index in [0.717, 1.165) is 5.52 Å². The van der Waals surface area contributed by atoms with E-state index >= 15 is 0 Å². The van der Waals surface area contributed by atoms with Crippen molar-refractivity contribution in [2.75, 3.05) is 19.8 Å². The Morgan fingerprint density at radius 2 is 2.35 bits per heavy atom. The largest absolute Gasteiger partial charge is 0.478 e. The Hall–Kier alpha value is -2.57. The van der Waals surface area contributed by atoms with Crippen molar-refractivity contribution in [1.82, 2.24) is 9.78 Å². The topological polar surface area (TPSA) is 113 Å². The summed E-state index contributed by atoms with van der Waals surface area (Å²) in [6.07, 6.45) is 1.54. The Morgan fingerprint density at radius 3 is 3.10 bits per heavy atom. The lowest BCUT2D eigenvalue weighted by Gasteiger charge is -2.04. The van der Waals surface area contributed by atoms with E-state index in [9.17, 15) is 4.79 Å². The number of azide groups is 1. The number of aromatic carboxylic acids is 1. The minimum absolute atomic E-state index is 0.234. The fourth-order valence-corrected chi connectivity index (χ4v) is 1.87. The summed E-state index contributed by atoms with van der Waals surface area (Å²) in [5.41, 5.74) is 9.09. The summed E-state index contributed by atoms with van der Waals surface area (Å²) in [6, 6.07) is 5.05. The normalized spacial score (nSPS) is 10.4. The second-order valence-corrected chi connectivity index (χ2v) is 3.98. The molecule has 1 aromatic carbocycles. The molecule has 0 spiro atoms. The molecule has 8 heteroatoms. The Bertz CT molecular complexity index is 660. The zero-order chi connectivity index (χ0) is 14.4. The Morgan fingerprint density at radius 1 is 1.50 bits per heavy atom. The predicted molar refractivity (Wildman–Crippen MR) is 71.5 cm³/mol. The molecule has 0 radical (unpaired) electrons. The van der Waals surface area contributed by atoms with Gasteiger partial charge in [0.05, 0.1) is 37.0 Å². The third-order valence-electron chi connectivity index (χ3n) is 2.76. The van der Waals surface area contributed by atoms with E-state index in [0.29, 0.717) is 31.7 Å². The van der Waals surface area contributed by atoms with E-state index in [1.54, 1.807) is 23.0 Å². The van der Waals surface area contributed by atoms with Gasteiger partial charge in [-0.25, -0.2) is 4.79 Å². The lowest BCUT2D eigenvalue weighted by molar-refractivity contribution is 0.0699. The van der Waals surface area contributed by atoms with Gasteiger partial charge in [-0.15, -0.1) is 0 Å². The number of hydrogen-bond donors (Lipinski definition) is 1. The average Bonchev–Trinajstić information content (AvgIpc) is 2.85. The Kier molecular flexibility index (Phi) is 4.54. The molecule has 0 atom stereocenters. The van der Waals surface area contributed by atoms with Crippen LogP contribution in [0.1, 0.15) is 10.4 Å². The maximum absolute atomic E-state index is 11.1. The van der Waals surface area contributed by atoms with Crippen molar-refractivity contribution < 1.29 is 14.6 Å². The smallest absolute Gasteiger partial charge is 0.336 e. The summed E-state index contributed by atoms with van der Waals surface area (Å²) in [4.78, 5) is 13.7. The lowest BCUT2D eigenvalue weighted by atomic mass is 10.1. The van der Waals surface area contributed by atoms with Crippen molar-refractivity contribution in [3.63, 3.8) is 0 Å². The van der Waals surface area contributed by atoms with Crippen molar-refractivity contribution in [3.05, 3.63) is 40.4 Å². The van der Waals surface area contributed by atoms with E-state index in [2.05, 4.69) is 15.1 Å². The highest BCUT2D eigenvalue weighted by Crippen LogP contribution is 2.18. The molecule has 0 saturated carbocycles. The van der Waals surface area contributed by atoms with Crippen LogP contribution < -0.4 is 0 Å². The third kappa shape index (κ3) is 3.05. The molecule has 20 heavy (non-hydrogen) atoms. The number of ether oxygens (including phenoxy) is 1. The molecule has 8 nitrogen and oxygen atoms in total. The van der Waals surface area contributed by atoms with E-state index < -0.39 is 5.97 Å². The van der Waals surface area contributed by atoms with Gasteiger partial charge in [-0.05, 0) is 17.7 Å². The minimum Gasteiger partial charge on any atom is -0.478 e. The summed E-state index contributed by atoms with van der Waals surface area (Å²) in [6.45, 7) is 1.56. The zero-order valence-electron chi connectivity index (χ0n) is 10.6. The van der Waals surface area contributed by atoms with Gasteiger partial charge in [0.2, 0.25) is 0 Å². The van der Waals surface area contributed by atoms with Crippen LogP contribution in [0.3, 0.4) is 0 Å². The molecule has 2 aromatic rings. The second kappa shape index (κ2) is 6.55. The summed E-state index contributed by atoms with van der Waals surface area (Å²) < 4.78 is 6.98. The molecule has 0 unspecified atom stereocenters. The lowest BCUT2D eigenvalue weighted by Crippen LogP contribution is -2.09. The zero-order valence-corrected chi connectivity index (χ0v) is 10.6. The van der Waals surface area contributed by atoms with Crippen LogP contribution in [0, 0.1) is 0 Å². The van der Waals surface area contributed by atoms with Crippen molar-refractivity contribution in [1.29, 1.82) is 0 Å². The summed E-state index contributed by atoms with van der Waals surface area (Å²) >= 11 is 0. The Balaban J connectivity index is 2.03. The second-order valence-electron chi connectivity index (χ2n) is 3.98. The molecule has 1 heterocycles. The molecule has 2 rings (SSSR count). The van der Waals surface area contributed by atoms with Crippen LogP contribution in [0.25, 0.3) is 21.3 Å². The van der Waals surface area contributed by atoms with Crippen molar-refractivity contribution in [2.24, 2.45) is 5.11 Å². The molecule has 1 aromatic heterocycles. The molecule has 0 amide bonds. The minimum atomic E-state index is -0.972. The van der Waals surface area contributed by atoms with Gasteiger partial charge in [-0.3, -0.25) is 4.68 Å². The number of aromatic nitrogens is 2. The maximum Gasteiger partial charge on any atom is 0.336 e. The van der Waals surface area contributed by atoms with E-state index in [1.165, 1.54) is 0 Å². The molecule has 0 aliphatic heterocycles. The van der Waals surface area contributed by atoms with E-state index in [4.69, 9.17) is 15.4 Å². The number of carbonyl (C=O) groups is 1. The molecular formula is C12H13N5O3. The molecule has 0 fully saturated rings. The molecule has 104 valence electrons. The van der Waals surface area contributed by atoms with Gasteiger partial charge in [0.1, 0.15) is 0 Å². The first kappa shape index (κ1) is 13.9. The van der Waals surface area contributed by atoms with E-state index in [-0.39, 0.29) is 5.56 Å². The van der Waals surface area contributed by atoms with Crippen LogP contribution in [0.15, 0.2) is 29.5 Å². The molecule has 0 aliphatic carbocycles. The predicted octanol–water partition coefficient (Wildman–Crippen LogP) is 2.06. The number of nitrogens with zero attached hydrogens (tertiary/aromatic N) is 5. The number of carboxylic acids is 1. The van der Waals surface area contributed by atoms with Crippen LogP contribution in [-0.4, -0.2) is 40.6 Å². The highest BCUT2D eigenvalue weighted by Gasteiger charge is 2.11. The van der Waals surface area contributed by atoms with Gasteiger partial charge in [-0.1, -0.05) is 11.2 Å². The molecule has 1 N–H and O–H groups in total. The van der Waals surface area contributed by atoms with Gasteiger partial charge in [-0.2, -0.15) is 5.10 Å². The van der Waals surface area contributed by atoms with Gasteiger partial charge in [0.25, 0.3) is 0 Å². The molecular weight excluding hydrogens is 262 g/mol. The molecule has 0 saturated heterocycles. The third-order valence-corrected chi connectivity index (χ3v) is 2.76. The van der Waals surface area contributed by atoms with Crippen LogP contribution in [0.4, 0.5) is 0 Å². The van der Waals surface area contributed by atoms with Crippen molar-refractivity contribution >= 4 is 16.9 Å². The quantitative estimate of drug-likeness (QED) is 0.360. The highest BCUT2D eigenvalue weighted by molar-refractivity contribution is 6.02. The number of fused-ring (bicyclic) bond motifs is 1. The SMILES string of the molecule is [N-]=[N+]=NCCOCCn1ncc2c(C(=O)O)cccc21. The van der Waals surface area contributed by atoms with Gasteiger partial charge in [0, 0.05) is 16.8 Å². The van der Waals surface area contributed by atoms with Gasteiger partial charge >= 0.3 is 5.97 Å². The van der Waals surface area contributed by atoms with Crippen molar-refractivity contribution in [2.45, 2.75) is 6.54 Å². The monoisotopic (exact) mass is 275 g/mol. The van der Waals surface area contributed by atoms with Gasteiger partial charge < -0.3 is 9.84 Å². The van der Waals surface area contributed by atoms with Crippen LogP contribution in [-0.2, 0) is 11.3 Å². The van der Waals surface area contributed by atoms with Crippen LogP contribution in [0.2, 0.25) is 0 Å². The van der Waals surface area contributed by atoms with Crippen LogP contribution >= 0.6 is 0 Å². The molecule has 0 aliphatic rings. The van der Waals surface area contributed by atoms with Crippen molar-refractivity contribution in [3.8, 4) is 0 Å². The Labute approximate surface area is 114 Å². The number of benzene rings is 1. The summed E-state index contributed by atoms with van der Waals surface area (Å²) in [5, 5.41) is 17.2. The number of rotatable bonds is 7. The molecule has 0 bridgehead atoms. The number of carboxylic acid groups (broad SMARTS) is 1. The average molecular weight is 275 g/mol. The standard InChI is InChI=1S/C12H13N5O3/c13-16-14-4-6-20-7-5-17-11-3-1-2-9(12(18)19)10(11)8-15-17/h1-3,8H,4-7H2,(H,18,19). The summed E-state index contributed by atoms with van der Waals surface area (Å²) in [5.74, 6) is -0.972. The van der Waals surface area contributed by atoms with E-state index in [1.807, 2.05) is 6.07 Å². The first-order chi connectivity index (χ1) is 9.74. The fourth-order valence-electron chi connectivity index (χ4n) is 1.87. The highest BCUT2D eigenvalue weighted by atomic mass is 16.5. The maximum atomic E-state index is 11.1. The fraction of sp³-hybridized carbons (Fsp3) is 0.333. The van der Waals surface area contributed by atoms with Crippen LogP contribution in [0.5, 0.6) is 0 Å². The number of hydrogen-bond acceptors (Lipinski definition) is 4. The first-order valence-electron chi connectivity index (χ1n) is 6.00. The van der Waals surface area contributed by atoms with Gasteiger partial charge in [0.15, 0.2) is 0 Å². The first-order valence-corrected chi connectivity index (χ1v) is 6.00.